The van der Waals surface area contributed by atoms with Gasteiger partial charge in [-0.2, -0.15) is 0 Å². The van der Waals surface area contributed by atoms with Crippen molar-refractivity contribution in [3.8, 4) is 0 Å². The Kier molecular flexibility index (Phi) is 7.17. The van der Waals surface area contributed by atoms with Crippen LogP contribution >= 0.6 is 11.6 Å². The smallest absolute Gasteiger partial charge is 0.290 e. The molecule has 0 aliphatic carbocycles. The fourth-order valence-corrected chi connectivity index (χ4v) is 0.996. The molecule has 0 aliphatic rings. The topological polar surface area (TPSA) is 66.4 Å². The second kappa shape index (κ2) is 8.07. The Morgan fingerprint density at radius 3 is 2.43 bits per heavy atom. The third-order valence-corrected chi connectivity index (χ3v) is 1.70. The van der Waals surface area contributed by atoms with Crippen molar-refractivity contribution < 1.29 is 14.7 Å². The molecule has 0 heterocycles. The lowest BCUT2D eigenvalue weighted by atomic mass is 10.2. The summed E-state index contributed by atoms with van der Waals surface area (Å²) >= 11 is 5.80. The van der Waals surface area contributed by atoms with Crippen LogP contribution in [0, 0.1) is 0 Å². The summed E-state index contributed by atoms with van der Waals surface area (Å²) in [7, 11) is 0. The van der Waals surface area contributed by atoms with E-state index in [2.05, 4.69) is 5.32 Å². The number of rotatable bonds is 3. The molecule has 0 saturated heterocycles. The molecule has 1 amide bonds. The summed E-state index contributed by atoms with van der Waals surface area (Å²) < 4.78 is 0. The second-order valence-electron chi connectivity index (χ2n) is 2.20. The van der Waals surface area contributed by atoms with Gasteiger partial charge in [-0.05, 0) is 11.6 Å². The molecular weight excluding hydrogens is 206 g/mol. The normalized spacial score (nSPS) is 8.07. The Labute approximate surface area is 86.5 Å². The lowest BCUT2D eigenvalue weighted by Gasteiger charge is -2.00. The minimum absolute atomic E-state index is 0.250. The molecule has 0 fully saturated rings. The summed E-state index contributed by atoms with van der Waals surface area (Å²) in [5, 5.41) is 10.1. The Bertz CT molecular complexity index is 291. The molecular formula is C9H10ClNO3. The standard InChI is InChI=1S/C8H8ClNO.CH2O2/c9-8-4-2-1-3-7(8)5-10-6-11;2-1-3/h1-4,6H,5H2,(H,10,11);1H,(H,2,3). The molecule has 0 aliphatic heterocycles. The van der Waals surface area contributed by atoms with Crippen LogP contribution in [0.4, 0.5) is 0 Å². The number of benzene rings is 1. The van der Waals surface area contributed by atoms with E-state index < -0.39 is 0 Å². The summed E-state index contributed by atoms with van der Waals surface area (Å²) in [6.45, 7) is 0.239. The van der Waals surface area contributed by atoms with E-state index in [0.29, 0.717) is 18.0 Å². The molecule has 5 heteroatoms. The van der Waals surface area contributed by atoms with Gasteiger partial charge in [0.25, 0.3) is 6.47 Å². The molecule has 0 atom stereocenters. The molecule has 1 aromatic rings. The Balaban J connectivity index is 0.000000500. The minimum atomic E-state index is -0.250. The van der Waals surface area contributed by atoms with E-state index >= 15 is 0 Å². The van der Waals surface area contributed by atoms with Crippen LogP contribution in [0.1, 0.15) is 5.56 Å². The minimum Gasteiger partial charge on any atom is -0.483 e. The fourth-order valence-electron chi connectivity index (χ4n) is 0.793. The Morgan fingerprint density at radius 1 is 1.36 bits per heavy atom. The Hall–Kier alpha value is -1.55. The number of halogens is 1. The van der Waals surface area contributed by atoms with Crippen molar-refractivity contribution >= 4 is 24.5 Å². The summed E-state index contributed by atoms with van der Waals surface area (Å²) in [4.78, 5) is 18.3. The first-order valence-electron chi connectivity index (χ1n) is 3.74. The molecule has 1 rings (SSSR count). The molecule has 0 aromatic heterocycles. The van der Waals surface area contributed by atoms with Crippen LogP contribution < -0.4 is 5.32 Å². The molecule has 0 saturated carbocycles. The van der Waals surface area contributed by atoms with E-state index in [1.54, 1.807) is 6.07 Å². The van der Waals surface area contributed by atoms with Gasteiger partial charge >= 0.3 is 0 Å². The predicted octanol–water partition coefficient (Wildman–Crippen LogP) is 1.29. The van der Waals surface area contributed by atoms with Gasteiger partial charge in [0.15, 0.2) is 0 Å². The van der Waals surface area contributed by atoms with Crippen molar-refractivity contribution in [3.63, 3.8) is 0 Å². The zero-order valence-electron chi connectivity index (χ0n) is 7.31. The monoisotopic (exact) mass is 215 g/mol. The van der Waals surface area contributed by atoms with Crippen molar-refractivity contribution in [1.82, 2.24) is 5.32 Å². The summed E-state index contributed by atoms with van der Waals surface area (Å²) in [5.41, 5.74) is 0.932. The predicted molar refractivity (Wildman–Crippen MR) is 53.0 cm³/mol. The first kappa shape index (κ1) is 12.4. The number of hydrogen-bond acceptors (Lipinski definition) is 2. The number of carboxylic acid groups (broad SMARTS) is 1. The maximum atomic E-state index is 9.94. The summed E-state index contributed by atoms with van der Waals surface area (Å²) in [6.07, 6.45) is 0.656. The molecule has 0 bridgehead atoms. The lowest BCUT2D eigenvalue weighted by Crippen LogP contribution is -2.09. The highest BCUT2D eigenvalue weighted by Gasteiger charge is 1.95. The third kappa shape index (κ3) is 5.16. The third-order valence-electron chi connectivity index (χ3n) is 1.33. The number of amides is 1. The van der Waals surface area contributed by atoms with Gasteiger partial charge in [0.05, 0.1) is 0 Å². The maximum absolute atomic E-state index is 9.94. The quantitative estimate of drug-likeness (QED) is 0.747. The molecule has 2 N–H and O–H groups in total. The fraction of sp³-hybridized carbons (Fsp3) is 0.111. The molecule has 0 unspecified atom stereocenters. The molecule has 14 heavy (non-hydrogen) atoms. The van der Waals surface area contributed by atoms with E-state index in [9.17, 15) is 4.79 Å². The van der Waals surface area contributed by atoms with Gasteiger partial charge in [0.2, 0.25) is 6.41 Å². The number of carbonyl (C=O) groups excluding carboxylic acids is 1. The molecule has 76 valence electrons. The van der Waals surface area contributed by atoms with E-state index in [-0.39, 0.29) is 6.47 Å². The van der Waals surface area contributed by atoms with Crippen LogP contribution in [0.15, 0.2) is 24.3 Å². The highest BCUT2D eigenvalue weighted by atomic mass is 35.5. The average molecular weight is 216 g/mol. The maximum Gasteiger partial charge on any atom is 0.290 e. The second-order valence-corrected chi connectivity index (χ2v) is 2.60. The zero-order valence-corrected chi connectivity index (χ0v) is 8.07. The van der Waals surface area contributed by atoms with Gasteiger partial charge in [-0.15, -0.1) is 0 Å². The zero-order chi connectivity index (χ0) is 10.8. The summed E-state index contributed by atoms with van der Waals surface area (Å²) in [6, 6.07) is 7.41. The summed E-state index contributed by atoms with van der Waals surface area (Å²) in [5.74, 6) is 0. The van der Waals surface area contributed by atoms with Crippen molar-refractivity contribution in [2.24, 2.45) is 0 Å². The van der Waals surface area contributed by atoms with E-state index in [4.69, 9.17) is 21.5 Å². The number of nitrogens with one attached hydrogen (secondary N) is 1. The Morgan fingerprint density at radius 2 is 1.93 bits per heavy atom. The van der Waals surface area contributed by atoms with Gasteiger partial charge in [-0.3, -0.25) is 9.59 Å². The highest BCUT2D eigenvalue weighted by molar-refractivity contribution is 6.31. The van der Waals surface area contributed by atoms with Gasteiger partial charge in [-0.1, -0.05) is 29.8 Å². The van der Waals surface area contributed by atoms with E-state index in [0.717, 1.165) is 5.56 Å². The van der Waals surface area contributed by atoms with Crippen molar-refractivity contribution in [3.05, 3.63) is 34.9 Å². The average Bonchev–Trinajstić information content (AvgIpc) is 2.18. The van der Waals surface area contributed by atoms with Gasteiger partial charge in [0.1, 0.15) is 0 Å². The van der Waals surface area contributed by atoms with Gasteiger partial charge in [0, 0.05) is 11.6 Å². The first-order valence-corrected chi connectivity index (χ1v) is 4.12. The highest BCUT2D eigenvalue weighted by Crippen LogP contribution is 2.13. The van der Waals surface area contributed by atoms with Crippen molar-refractivity contribution in [2.45, 2.75) is 6.54 Å². The number of hydrogen-bond donors (Lipinski definition) is 2. The molecule has 0 radical (unpaired) electrons. The SMILES string of the molecule is O=CNCc1ccccc1Cl.O=CO. The lowest BCUT2D eigenvalue weighted by molar-refractivity contribution is -0.122. The first-order chi connectivity index (χ1) is 6.76. The molecule has 1 aromatic carbocycles. The van der Waals surface area contributed by atoms with Crippen LogP contribution in [0.25, 0.3) is 0 Å². The molecule has 0 spiro atoms. The van der Waals surface area contributed by atoms with Crippen LogP contribution in [-0.4, -0.2) is 18.0 Å². The van der Waals surface area contributed by atoms with Crippen LogP contribution in [-0.2, 0) is 16.1 Å². The van der Waals surface area contributed by atoms with Gasteiger partial charge in [-0.25, -0.2) is 0 Å². The van der Waals surface area contributed by atoms with Crippen LogP contribution in [0.3, 0.4) is 0 Å². The largest absolute Gasteiger partial charge is 0.483 e. The van der Waals surface area contributed by atoms with Crippen molar-refractivity contribution in [2.75, 3.05) is 0 Å². The van der Waals surface area contributed by atoms with Crippen LogP contribution in [0.5, 0.6) is 0 Å². The molecule has 4 nitrogen and oxygen atoms in total. The van der Waals surface area contributed by atoms with Gasteiger partial charge < -0.3 is 10.4 Å². The van der Waals surface area contributed by atoms with E-state index in [1.165, 1.54) is 0 Å². The number of carbonyl (C=O) groups is 2. The van der Waals surface area contributed by atoms with Crippen LogP contribution in [0.2, 0.25) is 5.02 Å². The van der Waals surface area contributed by atoms with E-state index in [1.807, 2.05) is 18.2 Å². The van der Waals surface area contributed by atoms with Crippen molar-refractivity contribution in [1.29, 1.82) is 0 Å².